The predicted octanol–water partition coefficient (Wildman–Crippen LogP) is 1.99. The molecule has 0 bridgehead atoms. The zero-order chi connectivity index (χ0) is 15.2. The van der Waals surface area contributed by atoms with Gasteiger partial charge in [-0.05, 0) is 24.6 Å². The average molecular weight is 307 g/mol. The van der Waals surface area contributed by atoms with Crippen molar-refractivity contribution < 1.29 is 14.3 Å². The van der Waals surface area contributed by atoms with E-state index in [4.69, 9.17) is 4.74 Å². The van der Waals surface area contributed by atoms with Crippen LogP contribution in [0.5, 0.6) is 0 Å². The molecule has 21 heavy (non-hydrogen) atoms. The number of hydrogen-bond acceptors (Lipinski definition) is 6. The number of methoxy groups -OCH3 is 2. The highest BCUT2D eigenvalue weighted by Crippen LogP contribution is 2.23. The topological polar surface area (TPSA) is 66.2 Å². The van der Waals surface area contributed by atoms with Crippen molar-refractivity contribution in [3.63, 3.8) is 0 Å². The fourth-order valence-electron chi connectivity index (χ4n) is 1.83. The zero-order valence-corrected chi connectivity index (χ0v) is 13.0. The molecule has 0 atom stereocenters. The van der Waals surface area contributed by atoms with E-state index in [2.05, 4.69) is 14.9 Å². The molecule has 0 aliphatic rings. The molecule has 0 unspecified atom stereocenters. The molecule has 1 aromatic heterocycles. The number of ether oxygens (including phenoxy) is 2. The predicted molar refractivity (Wildman–Crippen MR) is 79.5 cm³/mol. The maximum atomic E-state index is 11.3. The monoisotopic (exact) mass is 307 g/mol. The van der Waals surface area contributed by atoms with Gasteiger partial charge in [-0.1, -0.05) is 23.9 Å². The minimum absolute atomic E-state index is 0.188. The van der Waals surface area contributed by atoms with Crippen LogP contribution in [0.2, 0.25) is 0 Å². The highest BCUT2D eigenvalue weighted by Gasteiger charge is 2.15. The number of carbonyl (C=O) groups is 1. The van der Waals surface area contributed by atoms with E-state index in [1.54, 1.807) is 7.11 Å². The molecule has 0 fully saturated rings. The molecule has 6 nitrogen and oxygen atoms in total. The Balaban J connectivity index is 2.35. The Morgan fingerprint density at radius 1 is 1.33 bits per heavy atom. The number of benzene rings is 1. The second-order valence-electron chi connectivity index (χ2n) is 4.37. The first kappa shape index (κ1) is 15.5. The Morgan fingerprint density at radius 2 is 2.14 bits per heavy atom. The lowest BCUT2D eigenvalue weighted by Crippen LogP contribution is -2.07. The van der Waals surface area contributed by atoms with Gasteiger partial charge in [-0.25, -0.2) is 0 Å². The summed E-state index contributed by atoms with van der Waals surface area (Å²) in [5.74, 6) is 0.579. The first-order chi connectivity index (χ1) is 10.2. The molecule has 2 rings (SSSR count). The highest BCUT2D eigenvalue weighted by molar-refractivity contribution is 7.99. The van der Waals surface area contributed by atoms with Crippen LogP contribution < -0.4 is 0 Å². The van der Waals surface area contributed by atoms with Gasteiger partial charge in [-0.3, -0.25) is 9.36 Å². The summed E-state index contributed by atoms with van der Waals surface area (Å²) in [7, 11) is 2.97. The van der Waals surface area contributed by atoms with Gasteiger partial charge in [0.2, 0.25) is 0 Å². The number of nitrogens with zero attached hydrogens (tertiary/aromatic N) is 3. The van der Waals surface area contributed by atoms with Gasteiger partial charge in [0.05, 0.1) is 12.9 Å². The molecule has 2 aromatic rings. The highest BCUT2D eigenvalue weighted by atomic mass is 32.2. The summed E-state index contributed by atoms with van der Waals surface area (Å²) in [6.07, 6.45) is 0. The van der Waals surface area contributed by atoms with Crippen molar-refractivity contribution in [1.29, 1.82) is 0 Å². The molecule has 0 N–H and O–H groups in total. The van der Waals surface area contributed by atoms with Crippen LogP contribution in [-0.4, -0.2) is 40.7 Å². The van der Waals surface area contributed by atoms with Crippen molar-refractivity contribution in [3.05, 3.63) is 35.7 Å². The van der Waals surface area contributed by atoms with Gasteiger partial charge in [0, 0.05) is 12.8 Å². The van der Waals surface area contributed by atoms with Gasteiger partial charge in [-0.2, -0.15) is 0 Å². The molecule has 1 aromatic carbocycles. The smallest absolute Gasteiger partial charge is 0.316 e. The zero-order valence-electron chi connectivity index (χ0n) is 12.2. The minimum Gasteiger partial charge on any atom is -0.468 e. The summed E-state index contributed by atoms with van der Waals surface area (Å²) in [5.41, 5.74) is 2.08. The van der Waals surface area contributed by atoms with Gasteiger partial charge in [-0.15, -0.1) is 10.2 Å². The standard InChI is InChI=1S/C14H17N3O3S/c1-10-5-4-6-11(7-10)17-12(8-19-2)15-16-14(17)21-9-13(18)20-3/h4-7H,8-9H2,1-3H3. The first-order valence-corrected chi connectivity index (χ1v) is 7.34. The van der Waals surface area contributed by atoms with E-state index < -0.39 is 0 Å². The maximum Gasteiger partial charge on any atom is 0.316 e. The Bertz CT molecular complexity index is 628. The molecular weight excluding hydrogens is 290 g/mol. The van der Waals surface area contributed by atoms with Gasteiger partial charge in [0.25, 0.3) is 0 Å². The van der Waals surface area contributed by atoms with E-state index >= 15 is 0 Å². The average Bonchev–Trinajstić information content (AvgIpc) is 2.88. The summed E-state index contributed by atoms with van der Waals surface area (Å²) < 4.78 is 11.7. The van der Waals surface area contributed by atoms with Crippen molar-refractivity contribution >= 4 is 17.7 Å². The number of aryl methyl sites for hydroxylation is 1. The Hall–Kier alpha value is -1.86. The molecular formula is C14H17N3O3S. The molecule has 0 aliphatic carbocycles. The molecule has 0 aliphatic heterocycles. The Morgan fingerprint density at radius 3 is 2.81 bits per heavy atom. The van der Waals surface area contributed by atoms with Gasteiger partial charge in [0.15, 0.2) is 11.0 Å². The lowest BCUT2D eigenvalue weighted by atomic mass is 10.2. The molecule has 0 saturated carbocycles. The van der Waals surface area contributed by atoms with Crippen LogP contribution in [0.1, 0.15) is 11.4 Å². The molecule has 112 valence electrons. The number of esters is 1. The molecule has 1 heterocycles. The number of thioether (sulfide) groups is 1. The normalized spacial score (nSPS) is 10.6. The SMILES string of the molecule is COCc1nnc(SCC(=O)OC)n1-c1cccc(C)c1. The van der Waals surface area contributed by atoms with E-state index in [-0.39, 0.29) is 11.7 Å². The van der Waals surface area contributed by atoms with E-state index in [0.717, 1.165) is 11.3 Å². The van der Waals surface area contributed by atoms with Crippen molar-refractivity contribution in [3.8, 4) is 5.69 Å². The van der Waals surface area contributed by atoms with Crippen LogP contribution in [0.4, 0.5) is 0 Å². The van der Waals surface area contributed by atoms with Crippen LogP contribution in [0, 0.1) is 6.92 Å². The van der Waals surface area contributed by atoms with E-state index in [1.165, 1.54) is 18.9 Å². The molecule has 0 amide bonds. The summed E-state index contributed by atoms with van der Waals surface area (Å²) in [4.78, 5) is 11.3. The van der Waals surface area contributed by atoms with Gasteiger partial charge < -0.3 is 9.47 Å². The van der Waals surface area contributed by atoms with Crippen molar-refractivity contribution in [2.45, 2.75) is 18.7 Å². The number of hydrogen-bond donors (Lipinski definition) is 0. The second-order valence-corrected chi connectivity index (χ2v) is 5.31. The van der Waals surface area contributed by atoms with Crippen molar-refractivity contribution in [1.82, 2.24) is 14.8 Å². The minimum atomic E-state index is -0.299. The summed E-state index contributed by atoms with van der Waals surface area (Å²) in [5, 5.41) is 8.90. The third kappa shape index (κ3) is 3.83. The molecule has 0 radical (unpaired) electrons. The number of aromatic nitrogens is 3. The first-order valence-electron chi connectivity index (χ1n) is 6.35. The molecule has 7 heteroatoms. The third-order valence-corrected chi connectivity index (χ3v) is 3.68. The number of carbonyl (C=O) groups excluding carboxylic acids is 1. The van der Waals surface area contributed by atoms with Crippen LogP contribution in [0.15, 0.2) is 29.4 Å². The largest absolute Gasteiger partial charge is 0.468 e. The lowest BCUT2D eigenvalue weighted by molar-refractivity contribution is -0.137. The fraction of sp³-hybridized carbons (Fsp3) is 0.357. The maximum absolute atomic E-state index is 11.3. The van der Waals surface area contributed by atoms with E-state index in [9.17, 15) is 4.79 Å². The Kier molecular flexibility index (Phi) is 5.35. The second kappa shape index (κ2) is 7.24. The van der Waals surface area contributed by atoms with Crippen molar-refractivity contribution in [2.24, 2.45) is 0 Å². The summed E-state index contributed by atoms with van der Waals surface area (Å²) in [6, 6.07) is 7.99. The molecule has 0 saturated heterocycles. The van der Waals surface area contributed by atoms with Crippen molar-refractivity contribution in [2.75, 3.05) is 20.0 Å². The Labute approximate surface area is 127 Å². The molecule has 0 spiro atoms. The van der Waals surface area contributed by atoms with Crippen LogP contribution in [0.3, 0.4) is 0 Å². The number of rotatable bonds is 6. The van der Waals surface area contributed by atoms with E-state index in [1.807, 2.05) is 35.8 Å². The summed E-state index contributed by atoms with van der Waals surface area (Å²) in [6.45, 7) is 2.37. The summed E-state index contributed by atoms with van der Waals surface area (Å²) >= 11 is 1.29. The van der Waals surface area contributed by atoms with Crippen LogP contribution >= 0.6 is 11.8 Å². The third-order valence-electron chi connectivity index (χ3n) is 2.78. The van der Waals surface area contributed by atoms with Crippen LogP contribution in [0.25, 0.3) is 5.69 Å². The van der Waals surface area contributed by atoms with Crippen LogP contribution in [-0.2, 0) is 20.9 Å². The van der Waals surface area contributed by atoms with E-state index in [0.29, 0.717) is 17.6 Å². The van der Waals surface area contributed by atoms with Gasteiger partial charge in [0.1, 0.15) is 6.61 Å². The quantitative estimate of drug-likeness (QED) is 0.600. The van der Waals surface area contributed by atoms with Gasteiger partial charge >= 0.3 is 5.97 Å². The lowest BCUT2D eigenvalue weighted by Gasteiger charge is -2.10. The fourth-order valence-corrected chi connectivity index (χ4v) is 2.63.